The molecule has 0 atom stereocenters. The Kier molecular flexibility index (Phi) is 4.19. The monoisotopic (exact) mass is 376 g/mol. The van der Waals surface area contributed by atoms with Gasteiger partial charge in [0.05, 0.1) is 28.8 Å². The number of aromatic nitrogens is 2. The predicted octanol–water partition coefficient (Wildman–Crippen LogP) is 4.14. The third kappa shape index (κ3) is 3.13. The first-order valence-electron chi connectivity index (χ1n) is 9.30. The largest absolute Gasteiger partial charge is 0.349 e. The van der Waals surface area contributed by atoms with E-state index in [1.165, 1.54) is 6.07 Å². The number of carbonyl (C=O) groups is 1. The molecule has 4 rings (SSSR count). The number of pyridine rings is 1. The van der Waals surface area contributed by atoms with Crippen molar-refractivity contribution in [3.63, 3.8) is 0 Å². The molecule has 1 fully saturated rings. The summed E-state index contributed by atoms with van der Waals surface area (Å²) in [6.45, 7) is 5.44. The standard InChI is InChI=1S/C22H21FN4O/c1-13-8-14(9-18(23)20(13)21(28)26-16-5-6-16)17-10-25-27-11-15(4-7-19(17)27)22(2,3)12-24/h4,7-11,16H,5-6H2,1-3H3,(H,26,28). The highest BCUT2D eigenvalue weighted by Crippen LogP contribution is 2.30. The van der Waals surface area contributed by atoms with E-state index in [0.29, 0.717) is 11.1 Å². The van der Waals surface area contributed by atoms with E-state index >= 15 is 0 Å². The molecule has 0 spiro atoms. The lowest BCUT2D eigenvalue weighted by Gasteiger charge is -2.15. The van der Waals surface area contributed by atoms with Crippen LogP contribution in [0.25, 0.3) is 16.6 Å². The van der Waals surface area contributed by atoms with Gasteiger partial charge in [-0.05, 0) is 62.4 Å². The van der Waals surface area contributed by atoms with Crippen LogP contribution in [0, 0.1) is 24.1 Å². The molecule has 0 unspecified atom stereocenters. The Morgan fingerprint density at radius 2 is 2.11 bits per heavy atom. The third-order valence-corrected chi connectivity index (χ3v) is 5.26. The molecule has 1 aromatic carbocycles. The average Bonchev–Trinajstić information content (AvgIpc) is 3.35. The number of nitriles is 1. The fourth-order valence-corrected chi connectivity index (χ4v) is 3.31. The van der Waals surface area contributed by atoms with Crippen LogP contribution in [-0.2, 0) is 5.41 Å². The Morgan fingerprint density at radius 1 is 1.36 bits per heavy atom. The van der Waals surface area contributed by atoms with Crippen LogP contribution in [0.5, 0.6) is 0 Å². The van der Waals surface area contributed by atoms with Crippen molar-refractivity contribution in [2.75, 3.05) is 0 Å². The minimum absolute atomic E-state index is 0.102. The molecule has 1 aliphatic rings. The van der Waals surface area contributed by atoms with Crippen molar-refractivity contribution >= 4 is 11.4 Å². The number of benzene rings is 1. The first-order valence-corrected chi connectivity index (χ1v) is 9.30. The Bertz CT molecular complexity index is 1110. The number of nitrogens with one attached hydrogen (secondary N) is 1. The fraction of sp³-hybridized carbons (Fsp3) is 0.318. The van der Waals surface area contributed by atoms with E-state index in [0.717, 1.165) is 29.5 Å². The molecule has 0 bridgehead atoms. The number of hydrogen-bond donors (Lipinski definition) is 1. The van der Waals surface area contributed by atoms with Gasteiger partial charge in [0.25, 0.3) is 5.91 Å². The fourth-order valence-electron chi connectivity index (χ4n) is 3.31. The molecule has 0 aliphatic heterocycles. The molecule has 2 aromatic heterocycles. The number of rotatable bonds is 4. The van der Waals surface area contributed by atoms with Crippen LogP contribution < -0.4 is 5.32 Å². The van der Waals surface area contributed by atoms with E-state index < -0.39 is 11.2 Å². The molecule has 28 heavy (non-hydrogen) atoms. The van der Waals surface area contributed by atoms with Crippen molar-refractivity contribution in [2.24, 2.45) is 0 Å². The molecular weight excluding hydrogens is 355 g/mol. The summed E-state index contributed by atoms with van der Waals surface area (Å²) in [7, 11) is 0. The Morgan fingerprint density at radius 3 is 2.75 bits per heavy atom. The predicted molar refractivity (Wildman–Crippen MR) is 104 cm³/mol. The number of fused-ring (bicyclic) bond motifs is 1. The maximum atomic E-state index is 14.8. The van der Waals surface area contributed by atoms with Gasteiger partial charge in [0.1, 0.15) is 5.82 Å². The molecule has 1 saturated carbocycles. The molecule has 3 aromatic rings. The number of halogens is 1. The van der Waals surface area contributed by atoms with E-state index in [1.54, 1.807) is 17.6 Å². The van der Waals surface area contributed by atoms with E-state index in [9.17, 15) is 14.4 Å². The highest BCUT2D eigenvalue weighted by Gasteiger charge is 2.26. The van der Waals surface area contributed by atoms with Crippen molar-refractivity contribution in [1.82, 2.24) is 14.9 Å². The first kappa shape index (κ1) is 18.2. The lowest BCUT2D eigenvalue weighted by Crippen LogP contribution is -2.27. The first-order chi connectivity index (χ1) is 13.3. The van der Waals surface area contributed by atoms with Gasteiger partial charge in [0.15, 0.2) is 0 Å². The average molecular weight is 376 g/mol. The van der Waals surface area contributed by atoms with Crippen molar-refractivity contribution in [1.29, 1.82) is 5.26 Å². The molecule has 1 N–H and O–H groups in total. The molecule has 1 aliphatic carbocycles. The molecule has 2 heterocycles. The minimum atomic E-state index is -0.625. The zero-order valence-electron chi connectivity index (χ0n) is 16.1. The lowest BCUT2D eigenvalue weighted by atomic mass is 9.87. The van der Waals surface area contributed by atoms with Gasteiger partial charge in [-0.1, -0.05) is 12.1 Å². The summed E-state index contributed by atoms with van der Waals surface area (Å²) >= 11 is 0. The van der Waals surface area contributed by atoms with Gasteiger partial charge in [0, 0.05) is 17.8 Å². The van der Waals surface area contributed by atoms with Crippen molar-refractivity contribution in [3.8, 4) is 17.2 Å². The van der Waals surface area contributed by atoms with E-state index in [2.05, 4.69) is 16.5 Å². The highest BCUT2D eigenvalue weighted by molar-refractivity contribution is 5.97. The van der Waals surface area contributed by atoms with Crippen LogP contribution in [0.15, 0.2) is 36.7 Å². The van der Waals surface area contributed by atoms with Crippen LogP contribution in [0.2, 0.25) is 0 Å². The maximum absolute atomic E-state index is 14.8. The number of amides is 1. The molecule has 0 saturated heterocycles. The number of carbonyl (C=O) groups excluding carboxylic acids is 1. The third-order valence-electron chi connectivity index (χ3n) is 5.26. The van der Waals surface area contributed by atoms with Crippen LogP contribution in [-0.4, -0.2) is 21.6 Å². The zero-order valence-corrected chi connectivity index (χ0v) is 16.1. The highest BCUT2D eigenvalue weighted by atomic mass is 19.1. The van der Waals surface area contributed by atoms with Crippen molar-refractivity contribution in [3.05, 3.63) is 59.2 Å². The maximum Gasteiger partial charge on any atom is 0.254 e. The molecule has 1 amide bonds. The van der Waals surface area contributed by atoms with Gasteiger partial charge in [-0.3, -0.25) is 4.79 Å². The summed E-state index contributed by atoms with van der Waals surface area (Å²) < 4.78 is 16.5. The smallest absolute Gasteiger partial charge is 0.254 e. The number of hydrogen-bond acceptors (Lipinski definition) is 3. The minimum Gasteiger partial charge on any atom is -0.349 e. The molecule has 0 radical (unpaired) electrons. The van der Waals surface area contributed by atoms with Crippen LogP contribution in [0.1, 0.15) is 48.2 Å². The van der Waals surface area contributed by atoms with Crippen LogP contribution in [0.3, 0.4) is 0 Å². The summed E-state index contributed by atoms with van der Waals surface area (Å²) in [6, 6.07) is 9.44. The quantitative estimate of drug-likeness (QED) is 0.744. The second kappa shape index (κ2) is 6.45. The van der Waals surface area contributed by atoms with Crippen molar-refractivity contribution < 1.29 is 9.18 Å². The topological polar surface area (TPSA) is 70.2 Å². The number of nitrogens with zero attached hydrogens (tertiary/aromatic N) is 3. The van der Waals surface area contributed by atoms with E-state index in [-0.39, 0.29) is 17.5 Å². The number of aryl methyl sites for hydroxylation is 1. The second-order valence-electron chi connectivity index (χ2n) is 7.94. The van der Waals surface area contributed by atoms with Crippen LogP contribution >= 0.6 is 0 Å². The second-order valence-corrected chi connectivity index (χ2v) is 7.94. The Hall–Kier alpha value is -3.20. The lowest BCUT2D eigenvalue weighted by molar-refractivity contribution is 0.0946. The molecule has 6 heteroatoms. The molecule has 142 valence electrons. The SMILES string of the molecule is Cc1cc(-c2cnn3cc(C(C)(C)C#N)ccc23)cc(F)c1C(=O)NC1CC1. The summed E-state index contributed by atoms with van der Waals surface area (Å²) in [5, 5.41) is 16.6. The van der Waals surface area contributed by atoms with E-state index in [1.807, 2.05) is 38.2 Å². The van der Waals surface area contributed by atoms with Gasteiger partial charge in [-0.25, -0.2) is 8.91 Å². The summed E-state index contributed by atoms with van der Waals surface area (Å²) in [6.07, 6.45) is 5.41. The van der Waals surface area contributed by atoms with Crippen molar-refractivity contribution in [2.45, 2.75) is 45.1 Å². The van der Waals surface area contributed by atoms with Gasteiger partial charge in [-0.15, -0.1) is 0 Å². The normalized spacial score (nSPS) is 14.1. The summed E-state index contributed by atoms with van der Waals surface area (Å²) in [5.74, 6) is -0.887. The van der Waals surface area contributed by atoms with Gasteiger partial charge in [-0.2, -0.15) is 10.4 Å². The van der Waals surface area contributed by atoms with Gasteiger partial charge < -0.3 is 5.32 Å². The summed E-state index contributed by atoms with van der Waals surface area (Å²) in [5.41, 5.74) is 3.18. The molecular formula is C22H21FN4O. The Labute approximate surface area is 162 Å². The van der Waals surface area contributed by atoms with Gasteiger partial charge >= 0.3 is 0 Å². The Balaban J connectivity index is 1.74. The van der Waals surface area contributed by atoms with Crippen LogP contribution in [0.4, 0.5) is 4.39 Å². The van der Waals surface area contributed by atoms with E-state index in [4.69, 9.17) is 0 Å². The molecule has 5 nitrogen and oxygen atoms in total. The summed E-state index contributed by atoms with van der Waals surface area (Å²) in [4.78, 5) is 12.3. The van der Waals surface area contributed by atoms with Gasteiger partial charge in [0.2, 0.25) is 0 Å². The zero-order chi connectivity index (χ0) is 20.1.